The molecule has 0 spiro atoms. The van der Waals surface area contributed by atoms with Crippen molar-refractivity contribution >= 4 is 46.7 Å². The number of nitrogens with zero attached hydrogens (tertiary/aromatic N) is 1. The van der Waals surface area contributed by atoms with Crippen molar-refractivity contribution in [3.63, 3.8) is 0 Å². The maximum absolute atomic E-state index is 12.3. The first-order valence-electron chi connectivity index (χ1n) is 11.2. The summed E-state index contributed by atoms with van der Waals surface area (Å²) >= 11 is 17.8. The van der Waals surface area contributed by atoms with Crippen LogP contribution in [0.5, 0.6) is 0 Å². The summed E-state index contributed by atoms with van der Waals surface area (Å²) in [5, 5.41) is 0.243. The number of hydrogen-bond acceptors (Lipinski definition) is 4. The van der Waals surface area contributed by atoms with Gasteiger partial charge in [0.05, 0.1) is 12.6 Å². The van der Waals surface area contributed by atoms with E-state index in [1.165, 1.54) is 6.92 Å². The van der Waals surface area contributed by atoms with Gasteiger partial charge in [0.2, 0.25) is 5.91 Å². The third kappa shape index (κ3) is 18.8. The van der Waals surface area contributed by atoms with Crippen molar-refractivity contribution in [2.75, 3.05) is 27.4 Å². The lowest BCUT2D eigenvalue weighted by atomic mass is 10.1. The first-order valence-corrected chi connectivity index (χ1v) is 12.5. The van der Waals surface area contributed by atoms with Gasteiger partial charge in [0.15, 0.2) is 0 Å². The van der Waals surface area contributed by atoms with E-state index in [9.17, 15) is 9.59 Å². The van der Waals surface area contributed by atoms with Gasteiger partial charge < -0.3 is 14.4 Å². The van der Waals surface area contributed by atoms with Crippen molar-refractivity contribution in [3.05, 3.63) is 12.2 Å². The number of hydrogen-bond donors (Lipinski definition) is 0. The maximum Gasteiger partial charge on any atom is 0.302 e. The molecule has 0 aliphatic heterocycles. The quantitative estimate of drug-likeness (QED) is 0.0906. The SMILES string of the molecule is COC[C@@H](COC(C)=O)N(C)C(=O)CC/C=C/CCCC[C@H](Cl)CCCCCC(Cl)Cl. The average molecular weight is 501 g/mol. The van der Waals surface area contributed by atoms with E-state index < -0.39 is 0 Å². The molecule has 0 heterocycles. The molecule has 0 radical (unpaired) electrons. The Morgan fingerprint density at radius 2 is 1.52 bits per heavy atom. The first kappa shape index (κ1) is 30.5. The number of likely N-dealkylation sites (N-methyl/N-ethyl adjacent to an activating group) is 1. The molecule has 0 bridgehead atoms. The lowest BCUT2D eigenvalue weighted by Crippen LogP contribution is -2.43. The van der Waals surface area contributed by atoms with Crippen LogP contribution in [0.25, 0.3) is 0 Å². The highest BCUT2D eigenvalue weighted by Gasteiger charge is 2.20. The molecule has 0 rings (SSSR count). The number of carbonyl (C=O) groups is 2. The van der Waals surface area contributed by atoms with Crippen LogP contribution in [0.3, 0.4) is 0 Å². The number of rotatable bonds is 19. The zero-order valence-electron chi connectivity index (χ0n) is 19.3. The summed E-state index contributed by atoms with van der Waals surface area (Å²) in [5.74, 6) is -0.353. The topological polar surface area (TPSA) is 55.8 Å². The number of unbranched alkanes of at least 4 members (excludes halogenated alkanes) is 4. The van der Waals surface area contributed by atoms with Crippen molar-refractivity contribution in [3.8, 4) is 0 Å². The Labute approximate surface area is 203 Å². The van der Waals surface area contributed by atoms with Crippen LogP contribution in [0.1, 0.15) is 77.6 Å². The molecule has 0 saturated carbocycles. The van der Waals surface area contributed by atoms with Crippen LogP contribution >= 0.6 is 34.8 Å². The van der Waals surface area contributed by atoms with E-state index >= 15 is 0 Å². The maximum atomic E-state index is 12.3. The first-order chi connectivity index (χ1) is 14.8. The molecule has 0 saturated heterocycles. The molecule has 8 heteroatoms. The third-order valence-corrected chi connectivity index (χ3v) is 5.92. The number of ether oxygens (including phenoxy) is 2. The van der Waals surface area contributed by atoms with E-state index in [0.717, 1.165) is 57.8 Å². The lowest BCUT2D eigenvalue weighted by Gasteiger charge is -2.27. The van der Waals surface area contributed by atoms with Crippen LogP contribution in [-0.4, -0.2) is 60.4 Å². The minimum absolute atomic E-state index is 0.0106. The van der Waals surface area contributed by atoms with Crippen LogP contribution < -0.4 is 0 Å². The lowest BCUT2D eigenvalue weighted by molar-refractivity contribution is -0.146. The van der Waals surface area contributed by atoms with Crippen molar-refractivity contribution in [1.82, 2.24) is 4.90 Å². The van der Waals surface area contributed by atoms with E-state index in [-0.39, 0.29) is 34.7 Å². The van der Waals surface area contributed by atoms with Crippen molar-refractivity contribution in [2.45, 2.75) is 93.8 Å². The van der Waals surface area contributed by atoms with Gasteiger partial charge in [-0.2, -0.15) is 0 Å². The van der Waals surface area contributed by atoms with Crippen LogP contribution in [0.15, 0.2) is 12.2 Å². The molecule has 0 fully saturated rings. The molecule has 182 valence electrons. The van der Waals surface area contributed by atoms with E-state index in [0.29, 0.717) is 19.4 Å². The zero-order valence-corrected chi connectivity index (χ0v) is 21.6. The molecular formula is C23H40Cl3NO4. The Hall–Kier alpha value is -0.490. The van der Waals surface area contributed by atoms with Gasteiger partial charge >= 0.3 is 5.97 Å². The molecule has 0 aliphatic rings. The normalized spacial score (nSPS) is 13.5. The highest BCUT2D eigenvalue weighted by atomic mass is 35.5. The number of carbonyl (C=O) groups excluding carboxylic acids is 2. The number of amides is 1. The zero-order chi connectivity index (χ0) is 23.5. The molecule has 5 nitrogen and oxygen atoms in total. The van der Waals surface area contributed by atoms with Gasteiger partial charge in [0.25, 0.3) is 0 Å². The number of allylic oxidation sites excluding steroid dienone is 2. The number of methoxy groups -OCH3 is 1. The summed E-state index contributed by atoms with van der Waals surface area (Å²) in [5.41, 5.74) is 0. The summed E-state index contributed by atoms with van der Waals surface area (Å²) in [7, 11) is 3.28. The predicted octanol–water partition coefficient (Wildman–Crippen LogP) is 6.28. The van der Waals surface area contributed by atoms with Crippen LogP contribution in [0, 0.1) is 0 Å². The number of halogens is 3. The fraction of sp³-hybridized carbons (Fsp3) is 0.826. The molecule has 2 atom stereocenters. The molecule has 0 aromatic heterocycles. The molecule has 0 aromatic rings. The third-order valence-electron chi connectivity index (χ3n) is 5.05. The smallest absolute Gasteiger partial charge is 0.302 e. The fourth-order valence-electron chi connectivity index (χ4n) is 3.11. The second-order valence-corrected chi connectivity index (χ2v) is 9.73. The Morgan fingerprint density at radius 1 is 0.903 bits per heavy atom. The van der Waals surface area contributed by atoms with Gasteiger partial charge in [-0.3, -0.25) is 9.59 Å². The van der Waals surface area contributed by atoms with Crippen molar-refractivity contribution in [1.29, 1.82) is 0 Å². The van der Waals surface area contributed by atoms with Gasteiger partial charge in [-0.1, -0.05) is 37.8 Å². The highest BCUT2D eigenvalue weighted by Crippen LogP contribution is 2.18. The van der Waals surface area contributed by atoms with Crippen LogP contribution in [0.2, 0.25) is 0 Å². The predicted molar refractivity (Wildman–Crippen MR) is 130 cm³/mol. The number of esters is 1. The van der Waals surface area contributed by atoms with E-state index in [2.05, 4.69) is 12.2 Å². The summed E-state index contributed by atoms with van der Waals surface area (Å²) in [4.78, 5) is 24.7. The summed E-state index contributed by atoms with van der Waals surface area (Å²) in [6.07, 6.45) is 14.8. The summed E-state index contributed by atoms with van der Waals surface area (Å²) < 4.78 is 10.1. The summed E-state index contributed by atoms with van der Waals surface area (Å²) in [6, 6.07) is -0.272. The Balaban J connectivity index is 3.84. The van der Waals surface area contributed by atoms with Crippen LogP contribution in [-0.2, 0) is 19.1 Å². The second-order valence-electron chi connectivity index (χ2n) is 7.84. The molecule has 0 aromatic carbocycles. The average Bonchev–Trinajstić information content (AvgIpc) is 2.71. The molecule has 0 N–H and O–H groups in total. The van der Waals surface area contributed by atoms with Crippen LogP contribution in [0.4, 0.5) is 0 Å². The summed E-state index contributed by atoms with van der Waals surface area (Å²) in [6.45, 7) is 1.82. The monoisotopic (exact) mass is 499 g/mol. The molecule has 31 heavy (non-hydrogen) atoms. The number of alkyl halides is 3. The van der Waals surface area contributed by atoms with Crippen molar-refractivity contribution in [2.24, 2.45) is 0 Å². The second kappa shape index (κ2) is 20.1. The van der Waals surface area contributed by atoms with E-state index in [4.69, 9.17) is 44.3 Å². The van der Waals surface area contributed by atoms with E-state index in [1.54, 1.807) is 19.1 Å². The molecular weight excluding hydrogens is 461 g/mol. The Kier molecular flexibility index (Phi) is 19.8. The molecule has 1 amide bonds. The Bertz CT molecular complexity index is 503. The van der Waals surface area contributed by atoms with Gasteiger partial charge in [-0.05, 0) is 38.5 Å². The fourth-order valence-corrected chi connectivity index (χ4v) is 3.73. The minimum atomic E-state index is -0.363. The van der Waals surface area contributed by atoms with Gasteiger partial charge in [0.1, 0.15) is 11.4 Å². The van der Waals surface area contributed by atoms with Crippen molar-refractivity contribution < 1.29 is 19.1 Å². The highest BCUT2D eigenvalue weighted by molar-refractivity contribution is 6.44. The molecule has 0 aliphatic carbocycles. The molecule has 0 unspecified atom stereocenters. The van der Waals surface area contributed by atoms with E-state index in [1.807, 2.05) is 0 Å². The minimum Gasteiger partial charge on any atom is -0.464 e. The van der Waals surface area contributed by atoms with Gasteiger partial charge in [-0.15, -0.1) is 34.8 Å². The van der Waals surface area contributed by atoms with Gasteiger partial charge in [-0.25, -0.2) is 0 Å². The largest absolute Gasteiger partial charge is 0.464 e. The Morgan fingerprint density at radius 3 is 2.13 bits per heavy atom. The standard InChI is InChI=1S/C23H40Cl3NO4/c1-19(28)31-18-21(17-30-3)27(2)23(29)16-12-7-5-4-6-9-13-20(24)14-10-8-11-15-22(25)26/h5,7,20-22H,4,6,8-18H2,1-3H3/b7-5+/t20-,21-/m0/s1. The van der Waals surface area contributed by atoms with Gasteiger partial charge in [0, 0.05) is 32.9 Å².